The van der Waals surface area contributed by atoms with Crippen molar-refractivity contribution < 1.29 is 0 Å². The highest BCUT2D eigenvalue weighted by Crippen LogP contribution is 2.08. The number of hydrogen-bond donors (Lipinski definition) is 1. The van der Waals surface area contributed by atoms with Crippen LogP contribution in [0.1, 0.15) is 0 Å². The van der Waals surface area contributed by atoms with Crippen LogP contribution in [0.4, 0.5) is 0 Å². The molecule has 50 valence electrons. The van der Waals surface area contributed by atoms with E-state index in [-0.39, 0.29) is 0 Å². The van der Waals surface area contributed by atoms with E-state index in [0.29, 0.717) is 4.73 Å². The maximum atomic E-state index is 4.02. The Morgan fingerprint density at radius 2 is 2.30 bits per heavy atom. The third kappa shape index (κ3) is 0.786. The summed E-state index contributed by atoms with van der Waals surface area (Å²) < 4.78 is 0.573. The molecule has 0 unspecified atom stereocenters. The Morgan fingerprint density at radius 3 is 3.20 bits per heavy atom. The molecule has 4 nitrogen and oxygen atoms in total. The Bertz CT molecular complexity index is 355. The van der Waals surface area contributed by atoms with Crippen molar-refractivity contribution in [2.24, 2.45) is 0 Å². The van der Waals surface area contributed by atoms with Crippen LogP contribution < -0.4 is 0 Å². The molecule has 2 heterocycles. The number of nitrogens with one attached hydrogen (secondary N) is 1. The Morgan fingerprint density at radius 1 is 1.40 bits per heavy atom. The summed E-state index contributed by atoms with van der Waals surface area (Å²) in [6.45, 7) is 0. The second-order valence-electron chi connectivity index (χ2n) is 1.81. The van der Waals surface area contributed by atoms with Gasteiger partial charge in [0.05, 0.1) is 11.6 Å². The predicted molar refractivity (Wildman–Crippen MR) is 39.4 cm³/mol. The second kappa shape index (κ2) is 2.02. The molecule has 2 rings (SSSR count). The van der Waals surface area contributed by atoms with E-state index < -0.39 is 0 Å². The van der Waals surface area contributed by atoms with Crippen LogP contribution in [-0.4, -0.2) is 20.2 Å². The highest BCUT2D eigenvalue weighted by atomic mass is 79.9. The summed E-state index contributed by atoms with van der Waals surface area (Å²) in [7, 11) is 0. The first-order valence-electron chi connectivity index (χ1n) is 2.68. The molecule has 0 atom stereocenters. The van der Waals surface area contributed by atoms with Crippen LogP contribution in [0.15, 0.2) is 17.1 Å². The molecule has 0 aliphatic heterocycles. The van der Waals surface area contributed by atoms with Crippen LogP contribution in [0, 0.1) is 0 Å². The smallest absolute Gasteiger partial charge is 0.198 e. The van der Waals surface area contributed by atoms with Gasteiger partial charge in [-0.15, -0.1) is 0 Å². The standard InChI is InChI=1S/C5H3BrN4/c6-5-7-1-3-2-8-10-4(3)9-5/h1-2H,(H,7,8,9,10). The molecule has 0 saturated heterocycles. The minimum atomic E-state index is 0.573. The average molecular weight is 199 g/mol. The van der Waals surface area contributed by atoms with Crippen molar-refractivity contribution in [1.82, 2.24) is 20.2 Å². The fraction of sp³-hybridized carbons (Fsp3) is 0. The first kappa shape index (κ1) is 5.79. The second-order valence-corrected chi connectivity index (χ2v) is 2.52. The molecule has 2 aromatic heterocycles. The zero-order chi connectivity index (χ0) is 6.97. The molecule has 0 aliphatic rings. The Kier molecular flexibility index (Phi) is 1.17. The summed E-state index contributed by atoms with van der Waals surface area (Å²) in [5.74, 6) is 0. The number of fused-ring (bicyclic) bond motifs is 1. The van der Waals surface area contributed by atoms with Gasteiger partial charge >= 0.3 is 0 Å². The molecular weight excluding hydrogens is 196 g/mol. The van der Waals surface area contributed by atoms with Crippen molar-refractivity contribution in [3.8, 4) is 0 Å². The van der Waals surface area contributed by atoms with Crippen LogP contribution in [0.5, 0.6) is 0 Å². The van der Waals surface area contributed by atoms with Crippen LogP contribution in [0.2, 0.25) is 0 Å². The van der Waals surface area contributed by atoms with Gasteiger partial charge in [0, 0.05) is 6.20 Å². The lowest BCUT2D eigenvalue weighted by Crippen LogP contribution is -1.81. The van der Waals surface area contributed by atoms with Gasteiger partial charge in [-0.25, -0.2) is 9.97 Å². The largest absolute Gasteiger partial charge is 0.261 e. The zero-order valence-corrected chi connectivity index (χ0v) is 6.46. The lowest BCUT2D eigenvalue weighted by Gasteiger charge is -1.86. The van der Waals surface area contributed by atoms with E-state index >= 15 is 0 Å². The van der Waals surface area contributed by atoms with Gasteiger partial charge in [0.15, 0.2) is 10.4 Å². The summed E-state index contributed by atoms with van der Waals surface area (Å²) in [6.07, 6.45) is 3.39. The van der Waals surface area contributed by atoms with E-state index in [9.17, 15) is 0 Å². The summed E-state index contributed by atoms with van der Waals surface area (Å²) in [5.41, 5.74) is 0.752. The SMILES string of the molecule is Brc1ncc2cn[nH]c2n1. The Balaban J connectivity index is 2.86. The summed E-state index contributed by atoms with van der Waals surface area (Å²) >= 11 is 3.15. The number of nitrogens with zero attached hydrogens (tertiary/aromatic N) is 3. The fourth-order valence-electron chi connectivity index (χ4n) is 0.717. The van der Waals surface area contributed by atoms with Gasteiger partial charge in [-0.2, -0.15) is 5.10 Å². The highest BCUT2D eigenvalue weighted by molar-refractivity contribution is 9.10. The maximum absolute atomic E-state index is 4.02. The van der Waals surface area contributed by atoms with Gasteiger partial charge in [-0.3, -0.25) is 5.10 Å². The van der Waals surface area contributed by atoms with Crippen molar-refractivity contribution in [2.45, 2.75) is 0 Å². The number of halogens is 1. The van der Waals surface area contributed by atoms with Crippen molar-refractivity contribution in [2.75, 3.05) is 0 Å². The number of aromatic nitrogens is 4. The van der Waals surface area contributed by atoms with Gasteiger partial charge in [-0.05, 0) is 15.9 Å². The predicted octanol–water partition coefficient (Wildman–Crippen LogP) is 1.12. The summed E-state index contributed by atoms with van der Waals surface area (Å²) in [6, 6.07) is 0. The molecule has 0 aliphatic carbocycles. The molecule has 0 aromatic carbocycles. The molecule has 0 amide bonds. The molecule has 5 heteroatoms. The first-order valence-corrected chi connectivity index (χ1v) is 3.47. The monoisotopic (exact) mass is 198 g/mol. The van der Waals surface area contributed by atoms with E-state index in [1.54, 1.807) is 12.4 Å². The fourth-order valence-corrected chi connectivity index (χ4v) is 0.996. The lowest BCUT2D eigenvalue weighted by atomic mass is 10.5. The van der Waals surface area contributed by atoms with E-state index in [1.807, 2.05) is 0 Å². The van der Waals surface area contributed by atoms with Crippen molar-refractivity contribution >= 4 is 27.0 Å². The van der Waals surface area contributed by atoms with E-state index in [1.165, 1.54) is 0 Å². The molecule has 2 aromatic rings. The number of rotatable bonds is 0. The maximum Gasteiger partial charge on any atom is 0.198 e. The molecule has 10 heavy (non-hydrogen) atoms. The molecular formula is C5H3BrN4. The zero-order valence-electron chi connectivity index (χ0n) is 4.87. The minimum absolute atomic E-state index is 0.573. The molecule has 0 saturated carbocycles. The normalized spacial score (nSPS) is 10.5. The Hall–Kier alpha value is -0.970. The average Bonchev–Trinajstić information content (AvgIpc) is 2.33. The van der Waals surface area contributed by atoms with Crippen molar-refractivity contribution in [1.29, 1.82) is 0 Å². The van der Waals surface area contributed by atoms with Crippen LogP contribution in [-0.2, 0) is 0 Å². The number of hydrogen-bond acceptors (Lipinski definition) is 3. The molecule has 0 bridgehead atoms. The summed E-state index contributed by atoms with van der Waals surface area (Å²) in [5, 5.41) is 7.44. The topological polar surface area (TPSA) is 54.5 Å². The molecule has 0 spiro atoms. The number of aromatic amines is 1. The quantitative estimate of drug-likeness (QED) is 0.646. The van der Waals surface area contributed by atoms with Gasteiger partial charge < -0.3 is 0 Å². The number of H-pyrrole nitrogens is 1. The van der Waals surface area contributed by atoms with Crippen LogP contribution >= 0.6 is 15.9 Å². The third-order valence-corrected chi connectivity index (χ3v) is 1.54. The highest BCUT2D eigenvalue weighted by Gasteiger charge is 1.96. The van der Waals surface area contributed by atoms with Crippen LogP contribution in [0.3, 0.4) is 0 Å². The van der Waals surface area contributed by atoms with Gasteiger partial charge in [0.1, 0.15) is 0 Å². The van der Waals surface area contributed by atoms with E-state index in [0.717, 1.165) is 11.0 Å². The molecule has 0 fully saturated rings. The third-order valence-electron chi connectivity index (χ3n) is 1.16. The van der Waals surface area contributed by atoms with Crippen molar-refractivity contribution in [3.63, 3.8) is 0 Å². The summed E-state index contributed by atoms with van der Waals surface area (Å²) in [4.78, 5) is 7.95. The molecule has 0 radical (unpaired) electrons. The lowest BCUT2D eigenvalue weighted by molar-refractivity contribution is 1.07. The Labute approximate surface area is 64.8 Å². The van der Waals surface area contributed by atoms with Crippen molar-refractivity contribution in [3.05, 3.63) is 17.1 Å². The van der Waals surface area contributed by atoms with Gasteiger partial charge in [0.25, 0.3) is 0 Å². The van der Waals surface area contributed by atoms with Gasteiger partial charge in [-0.1, -0.05) is 0 Å². The van der Waals surface area contributed by atoms with E-state index in [4.69, 9.17) is 0 Å². The first-order chi connectivity index (χ1) is 4.86. The molecule has 1 N–H and O–H groups in total. The van der Waals surface area contributed by atoms with Gasteiger partial charge in [0.2, 0.25) is 0 Å². The van der Waals surface area contributed by atoms with E-state index in [2.05, 4.69) is 36.1 Å². The van der Waals surface area contributed by atoms with Crippen LogP contribution in [0.25, 0.3) is 11.0 Å². The minimum Gasteiger partial charge on any atom is -0.261 e.